The van der Waals surface area contributed by atoms with Gasteiger partial charge in [0.2, 0.25) is 0 Å². The molecular weight excluding hydrogens is 276 g/mol. The Labute approximate surface area is 124 Å². The Bertz CT molecular complexity index is 412. The van der Waals surface area contributed by atoms with Crippen LogP contribution < -0.4 is 5.32 Å². The first-order valence-corrected chi connectivity index (χ1v) is 7.14. The van der Waals surface area contributed by atoms with Gasteiger partial charge in [0.1, 0.15) is 5.54 Å². The lowest BCUT2D eigenvalue weighted by molar-refractivity contribution is -0.146. The third-order valence-electron chi connectivity index (χ3n) is 3.98. The van der Waals surface area contributed by atoms with E-state index in [1.807, 2.05) is 6.92 Å². The zero-order valence-corrected chi connectivity index (χ0v) is 12.8. The number of aliphatic carboxylic acids is 1. The summed E-state index contributed by atoms with van der Waals surface area (Å²) in [5.74, 6) is -1.15. The highest BCUT2D eigenvalue weighted by molar-refractivity contribution is 5.86. The summed E-state index contributed by atoms with van der Waals surface area (Å²) in [6.07, 6.45) is 2.70. The normalized spacial score (nSPS) is 25.0. The van der Waals surface area contributed by atoms with Crippen molar-refractivity contribution in [2.24, 2.45) is 5.92 Å². The van der Waals surface area contributed by atoms with Gasteiger partial charge in [-0.15, -0.1) is 0 Å². The Morgan fingerprint density at radius 3 is 2.62 bits per heavy atom. The van der Waals surface area contributed by atoms with E-state index in [-0.39, 0.29) is 18.9 Å². The third-order valence-corrected chi connectivity index (χ3v) is 3.98. The molecule has 120 valence electrons. The maximum Gasteiger partial charge on any atom is 0.329 e. The number of amides is 2. The molecular formula is C14H24N2O5. The van der Waals surface area contributed by atoms with E-state index in [2.05, 4.69) is 10.1 Å². The first-order chi connectivity index (χ1) is 9.80. The Morgan fingerprint density at radius 2 is 2.10 bits per heavy atom. The van der Waals surface area contributed by atoms with Crippen LogP contribution in [0.25, 0.3) is 0 Å². The van der Waals surface area contributed by atoms with Gasteiger partial charge in [0.05, 0.1) is 13.5 Å². The zero-order valence-electron chi connectivity index (χ0n) is 12.8. The number of ether oxygens (including phenoxy) is 1. The van der Waals surface area contributed by atoms with Crippen LogP contribution in [0, 0.1) is 5.92 Å². The second kappa shape index (κ2) is 7.28. The third kappa shape index (κ3) is 4.61. The highest BCUT2D eigenvalue weighted by Gasteiger charge is 2.43. The summed E-state index contributed by atoms with van der Waals surface area (Å²) in [6.45, 7) is 2.17. The number of carbonyl (C=O) groups is 3. The number of rotatable bonds is 5. The number of nitrogens with one attached hydrogen (secondary N) is 1. The molecule has 0 spiro atoms. The van der Waals surface area contributed by atoms with Gasteiger partial charge in [-0.3, -0.25) is 4.79 Å². The minimum atomic E-state index is -1.20. The van der Waals surface area contributed by atoms with E-state index >= 15 is 0 Å². The summed E-state index contributed by atoms with van der Waals surface area (Å²) in [6, 6.07) is -0.476. The second-order valence-corrected chi connectivity index (χ2v) is 5.77. The summed E-state index contributed by atoms with van der Waals surface area (Å²) in [5, 5.41) is 12.1. The number of nitrogens with zero attached hydrogens (tertiary/aromatic N) is 1. The van der Waals surface area contributed by atoms with Gasteiger partial charge in [-0.1, -0.05) is 19.8 Å². The fraction of sp³-hybridized carbons (Fsp3) is 0.786. The van der Waals surface area contributed by atoms with Gasteiger partial charge in [0.15, 0.2) is 0 Å². The molecule has 1 aliphatic rings. The molecule has 21 heavy (non-hydrogen) atoms. The van der Waals surface area contributed by atoms with Crippen LogP contribution in [0.3, 0.4) is 0 Å². The number of carboxylic acids is 1. The molecule has 0 aliphatic heterocycles. The van der Waals surface area contributed by atoms with Crippen molar-refractivity contribution in [3.63, 3.8) is 0 Å². The zero-order chi connectivity index (χ0) is 16.0. The van der Waals surface area contributed by atoms with Crippen molar-refractivity contribution in [1.29, 1.82) is 0 Å². The number of esters is 1. The van der Waals surface area contributed by atoms with Crippen LogP contribution in [-0.2, 0) is 14.3 Å². The standard InChI is InChI=1S/C14H24N2O5/c1-10-5-4-7-14(9-10,12(18)19)15-13(20)16(2)8-6-11(17)21-3/h10H,4-9H2,1-3H3,(H,15,20)(H,18,19). The highest BCUT2D eigenvalue weighted by atomic mass is 16.5. The number of hydrogen-bond donors (Lipinski definition) is 2. The molecule has 0 radical (unpaired) electrons. The number of carboxylic acid groups (broad SMARTS) is 1. The molecule has 2 N–H and O–H groups in total. The lowest BCUT2D eigenvalue weighted by atomic mass is 9.76. The van der Waals surface area contributed by atoms with Crippen molar-refractivity contribution < 1.29 is 24.2 Å². The number of urea groups is 1. The Balaban J connectivity index is 2.64. The molecule has 0 saturated heterocycles. The predicted octanol–water partition coefficient (Wildman–Crippen LogP) is 1.22. The monoisotopic (exact) mass is 300 g/mol. The molecule has 7 heteroatoms. The average molecular weight is 300 g/mol. The highest BCUT2D eigenvalue weighted by Crippen LogP contribution is 2.32. The molecule has 0 aromatic rings. The molecule has 2 amide bonds. The number of hydrogen-bond acceptors (Lipinski definition) is 4. The fourth-order valence-corrected chi connectivity index (χ4v) is 2.68. The molecule has 2 atom stereocenters. The van der Waals surface area contributed by atoms with E-state index < -0.39 is 23.5 Å². The van der Waals surface area contributed by atoms with E-state index in [0.29, 0.717) is 12.8 Å². The van der Waals surface area contributed by atoms with Crippen molar-refractivity contribution >= 4 is 18.0 Å². The van der Waals surface area contributed by atoms with Crippen LogP contribution in [0.2, 0.25) is 0 Å². The van der Waals surface area contributed by atoms with E-state index in [4.69, 9.17) is 0 Å². The maximum atomic E-state index is 12.1. The summed E-state index contributed by atoms with van der Waals surface area (Å²) in [7, 11) is 2.81. The van der Waals surface area contributed by atoms with Gasteiger partial charge in [-0.2, -0.15) is 0 Å². The van der Waals surface area contributed by atoms with Crippen LogP contribution in [-0.4, -0.2) is 54.2 Å². The lowest BCUT2D eigenvalue weighted by Crippen LogP contribution is -2.59. The van der Waals surface area contributed by atoms with Crippen LogP contribution in [0.1, 0.15) is 39.0 Å². The first kappa shape index (κ1) is 17.3. The van der Waals surface area contributed by atoms with E-state index in [1.54, 1.807) is 0 Å². The molecule has 0 heterocycles. The first-order valence-electron chi connectivity index (χ1n) is 7.14. The summed E-state index contributed by atoms with van der Waals surface area (Å²) >= 11 is 0. The van der Waals surface area contributed by atoms with Crippen molar-refractivity contribution in [2.75, 3.05) is 20.7 Å². The molecule has 0 bridgehead atoms. The average Bonchev–Trinajstić information content (AvgIpc) is 2.43. The van der Waals surface area contributed by atoms with Crippen molar-refractivity contribution in [1.82, 2.24) is 10.2 Å². The van der Waals surface area contributed by atoms with E-state index in [1.165, 1.54) is 19.1 Å². The molecule has 1 fully saturated rings. The van der Waals surface area contributed by atoms with Crippen molar-refractivity contribution in [3.05, 3.63) is 0 Å². The van der Waals surface area contributed by atoms with Crippen LogP contribution in [0.4, 0.5) is 4.79 Å². The molecule has 2 unspecified atom stereocenters. The fourth-order valence-electron chi connectivity index (χ4n) is 2.68. The second-order valence-electron chi connectivity index (χ2n) is 5.77. The number of methoxy groups -OCH3 is 1. The largest absolute Gasteiger partial charge is 0.480 e. The minimum Gasteiger partial charge on any atom is -0.480 e. The predicted molar refractivity (Wildman–Crippen MR) is 75.8 cm³/mol. The minimum absolute atomic E-state index is 0.0803. The molecule has 0 aromatic carbocycles. The SMILES string of the molecule is COC(=O)CCN(C)C(=O)NC1(C(=O)O)CCCC(C)C1. The van der Waals surface area contributed by atoms with Gasteiger partial charge >= 0.3 is 18.0 Å². The topological polar surface area (TPSA) is 95.9 Å². The number of carbonyl (C=O) groups excluding carboxylic acids is 2. The molecule has 1 saturated carbocycles. The summed E-state index contributed by atoms with van der Waals surface area (Å²) < 4.78 is 4.51. The van der Waals surface area contributed by atoms with Gasteiger partial charge in [0, 0.05) is 13.6 Å². The van der Waals surface area contributed by atoms with Gasteiger partial charge in [-0.05, 0) is 18.8 Å². The molecule has 7 nitrogen and oxygen atoms in total. The Hall–Kier alpha value is -1.79. The van der Waals surface area contributed by atoms with E-state index in [9.17, 15) is 19.5 Å². The molecule has 0 aromatic heterocycles. The molecule has 1 aliphatic carbocycles. The van der Waals surface area contributed by atoms with Gasteiger partial charge < -0.3 is 20.1 Å². The van der Waals surface area contributed by atoms with Gasteiger partial charge in [0.25, 0.3) is 0 Å². The summed E-state index contributed by atoms with van der Waals surface area (Å²) in [5.41, 5.74) is -1.20. The Morgan fingerprint density at radius 1 is 1.43 bits per heavy atom. The van der Waals surface area contributed by atoms with Crippen LogP contribution in [0.5, 0.6) is 0 Å². The Kier molecular flexibility index (Phi) is 5.99. The van der Waals surface area contributed by atoms with Gasteiger partial charge in [-0.25, -0.2) is 9.59 Å². The molecule has 1 rings (SSSR count). The van der Waals surface area contributed by atoms with Crippen LogP contribution >= 0.6 is 0 Å². The van der Waals surface area contributed by atoms with E-state index in [0.717, 1.165) is 12.8 Å². The smallest absolute Gasteiger partial charge is 0.329 e. The van der Waals surface area contributed by atoms with Crippen molar-refractivity contribution in [3.8, 4) is 0 Å². The maximum absolute atomic E-state index is 12.1. The van der Waals surface area contributed by atoms with Crippen LogP contribution in [0.15, 0.2) is 0 Å². The quantitative estimate of drug-likeness (QED) is 0.744. The summed E-state index contributed by atoms with van der Waals surface area (Å²) in [4.78, 5) is 36.1. The lowest BCUT2D eigenvalue weighted by Gasteiger charge is -2.38. The van der Waals surface area contributed by atoms with Crippen molar-refractivity contribution in [2.45, 2.75) is 44.6 Å².